The normalized spacial score (nSPS) is 25.1. The molecule has 0 radical (unpaired) electrons. The van der Waals surface area contributed by atoms with Gasteiger partial charge >= 0.3 is 5.97 Å². The van der Waals surface area contributed by atoms with E-state index in [0.29, 0.717) is 37.3 Å². The van der Waals surface area contributed by atoms with Gasteiger partial charge in [0.05, 0.1) is 17.0 Å². The topological polar surface area (TPSA) is 83.4 Å². The summed E-state index contributed by atoms with van der Waals surface area (Å²) in [5.74, 6) is -1.14. The number of carboxylic acid groups (broad SMARTS) is 1. The molecule has 1 aromatic heterocycles. The van der Waals surface area contributed by atoms with E-state index in [9.17, 15) is 19.1 Å². The van der Waals surface area contributed by atoms with Gasteiger partial charge in [-0.2, -0.15) is 0 Å². The fraction of sp³-hybridized carbons (Fsp3) is 0.400. The summed E-state index contributed by atoms with van der Waals surface area (Å²) in [4.78, 5) is 34.7. The summed E-state index contributed by atoms with van der Waals surface area (Å²) >= 11 is 0. The molecule has 1 amide bonds. The van der Waals surface area contributed by atoms with Gasteiger partial charge in [-0.1, -0.05) is 6.42 Å². The first kappa shape index (κ1) is 17.6. The molecule has 7 heteroatoms. The highest BCUT2D eigenvalue weighted by molar-refractivity contribution is 5.99. The molecule has 0 bridgehead atoms. The van der Waals surface area contributed by atoms with Gasteiger partial charge in [-0.05, 0) is 49.9 Å². The zero-order valence-electron chi connectivity index (χ0n) is 14.8. The third-order valence-electron chi connectivity index (χ3n) is 5.78. The highest BCUT2D eigenvalue weighted by Crippen LogP contribution is 2.47. The van der Waals surface area contributed by atoms with Crippen molar-refractivity contribution in [3.8, 4) is 11.3 Å². The van der Waals surface area contributed by atoms with Crippen LogP contribution in [0.4, 0.5) is 10.2 Å². The van der Waals surface area contributed by atoms with Crippen LogP contribution >= 0.6 is 0 Å². The van der Waals surface area contributed by atoms with Gasteiger partial charge < -0.3 is 5.11 Å². The molecule has 2 fully saturated rings. The van der Waals surface area contributed by atoms with Crippen molar-refractivity contribution in [1.82, 2.24) is 9.97 Å². The minimum absolute atomic E-state index is 0.0443. The standard InChI is InChI=1S/C20H20FN3O3/c21-15-5-3-13(4-6-15)16-10-17(23-12-22-16)24-9-8-20(19(24)27)7-1-2-14(11-20)18(25)26/h3-6,10,12,14H,1-2,7-9,11H2,(H,25,26). The van der Waals surface area contributed by atoms with E-state index >= 15 is 0 Å². The molecule has 2 heterocycles. The third kappa shape index (κ3) is 3.18. The maximum absolute atomic E-state index is 13.2. The first-order valence-corrected chi connectivity index (χ1v) is 9.11. The van der Waals surface area contributed by atoms with Crippen molar-refractivity contribution < 1.29 is 19.1 Å². The molecule has 27 heavy (non-hydrogen) atoms. The predicted octanol–water partition coefficient (Wildman–Crippen LogP) is 3.28. The quantitative estimate of drug-likeness (QED) is 0.898. The lowest BCUT2D eigenvalue weighted by molar-refractivity contribution is -0.145. The van der Waals surface area contributed by atoms with Gasteiger partial charge in [0.25, 0.3) is 0 Å². The smallest absolute Gasteiger partial charge is 0.306 e. The van der Waals surface area contributed by atoms with E-state index in [2.05, 4.69) is 9.97 Å². The van der Waals surface area contributed by atoms with Gasteiger partial charge in [-0.25, -0.2) is 14.4 Å². The molecule has 1 spiro atoms. The number of hydrogen-bond donors (Lipinski definition) is 1. The molecular weight excluding hydrogens is 349 g/mol. The van der Waals surface area contributed by atoms with Crippen molar-refractivity contribution in [2.75, 3.05) is 11.4 Å². The number of benzene rings is 1. The molecule has 1 aromatic carbocycles. The molecule has 1 N–H and O–H groups in total. The molecule has 4 rings (SSSR count). The van der Waals surface area contributed by atoms with Crippen LogP contribution < -0.4 is 4.90 Å². The van der Waals surface area contributed by atoms with Gasteiger partial charge in [0.1, 0.15) is 18.0 Å². The van der Waals surface area contributed by atoms with Crippen LogP contribution in [0.1, 0.15) is 32.1 Å². The van der Waals surface area contributed by atoms with Gasteiger partial charge in [0.15, 0.2) is 0 Å². The van der Waals surface area contributed by atoms with Crippen molar-refractivity contribution >= 4 is 17.7 Å². The number of aliphatic carboxylic acids is 1. The first-order valence-electron chi connectivity index (χ1n) is 9.11. The molecule has 1 saturated carbocycles. The van der Waals surface area contributed by atoms with E-state index in [4.69, 9.17) is 0 Å². The monoisotopic (exact) mass is 369 g/mol. The lowest BCUT2D eigenvalue weighted by Crippen LogP contribution is -2.40. The molecule has 2 atom stereocenters. The summed E-state index contributed by atoms with van der Waals surface area (Å²) in [6.07, 6.45) is 4.54. The summed E-state index contributed by atoms with van der Waals surface area (Å²) < 4.78 is 13.1. The SMILES string of the molecule is O=C(O)C1CCCC2(CCN(c3cc(-c4ccc(F)cc4)ncn3)C2=O)C1. The highest BCUT2D eigenvalue weighted by atomic mass is 19.1. The Bertz CT molecular complexity index is 886. The number of rotatable bonds is 3. The third-order valence-corrected chi connectivity index (χ3v) is 5.78. The Labute approximate surface area is 156 Å². The van der Waals surface area contributed by atoms with Crippen LogP contribution in [0.3, 0.4) is 0 Å². The Morgan fingerprint density at radius 1 is 1.22 bits per heavy atom. The maximum atomic E-state index is 13.2. The van der Waals surface area contributed by atoms with Gasteiger partial charge in [-0.3, -0.25) is 14.5 Å². The lowest BCUT2D eigenvalue weighted by atomic mass is 9.68. The number of aromatic nitrogens is 2. The molecule has 2 unspecified atom stereocenters. The zero-order chi connectivity index (χ0) is 19.0. The summed E-state index contributed by atoms with van der Waals surface area (Å²) in [7, 11) is 0. The fourth-order valence-corrected chi connectivity index (χ4v) is 4.31. The van der Waals surface area contributed by atoms with Crippen LogP contribution in [-0.4, -0.2) is 33.5 Å². The van der Waals surface area contributed by atoms with Crippen molar-refractivity contribution in [3.63, 3.8) is 0 Å². The molecule has 1 aliphatic heterocycles. The minimum Gasteiger partial charge on any atom is -0.481 e. The highest BCUT2D eigenvalue weighted by Gasteiger charge is 2.50. The van der Waals surface area contributed by atoms with Gasteiger partial charge in [0, 0.05) is 18.2 Å². The summed E-state index contributed by atoms with van der Waals surface area (Å²) in [5.41, 5.74) is 0.758. The molecule has 6 nitrogen and oxygen atoms in total. The second kappa shape index (κ2) is 6.72. The summed E-state index contributed by atoms with van der Waals surface area (Å²) in [6, 6.07) is 7.71. The van der Waals surface area contributed by atoms with E-state index < -0.39 is 17.3 Å². The Morgan fingerprint density at radius 3 is 2.74 bits per heavy atom. The minimum atomic E-state index is -0.819. The van der Waals surface area contributed by atoms with E-state index in [1.165, 1.54) is 18.5 Å². The molecule has 2 aromatic rings. The van der Waals surface area contributed by atoms with Gasteiger partial charge in [0.2, 0.25) is 5.91 Å². The number of amides is 1. The second-order valence-corrected chi connectivity index (χ2v) is 7.39. The second-order valence-electron chi connectivity index (χ2n) is 7.39. The van der Waals surface area contributed by atoms with Crippen molar-refractivity contribution in [2.24, 2.45) is 11.3 Å². The summed E-state index contributed by atoms with van der Waals surface area (Å²) in [6.45, 7) is 0.519. The molecule has 1 saturated heterocycles. The van der Waals surface area contributed by atoms with Crippen LogP contribution in [0.5, 0.6) is 0 Å². The van der Waals surface area contributed by atoms with Crippen LogP contribution in [0.25, 0.3) is 11.3 Å². The number of halogens is 1. The molecular formula is C20H20FN3O3. The summed E-state index contributed by atoms with van der Waals surface area (Å²) in [5, 5.41) is 9.36. The number of nitrogens with zero attached hydrogens (tertiary/aromatic N) is 3. The fourth-order valence-electron chi connectivity index (χ4n) is 4.31. The Balaban J connectivity index is 1.60. The van der Waals surface area contributed by atoms with Crippen molar-refractivity contribution in [1.29, 1.82) is 0 Å². The average Bonchev–Trinajstić information content (AvgIpc) is 2.98. The number of carbonyl (C=O) groups is 2. The van der Waals surface area contributed by atoms with E-state index in [1.807, 2.05) is 0 Å². The van der Waals surface area contributed by atoms with Crippen LogP contribution in [0, 0.1) is 17.2 Å². The number of carbonyl (C=O) groups excluding carboxylic acids is 1. The van der Waals surface area contributed by atoms with Crippen LogP contribution in [0.15, 0.2) is 36.7 Å². The van der Waals surface area contributed by atoms with Crippen LogP contribution in [-0.2, 0) is 9.59 Å². The zero-order valence-corrected chi connectivity index (χ0v) is 14.8. The molecule has 140 valence electrons. The van der Waals surface area contributed by atoms with Crippen molar-refractivity contribution in [2.45, 2.75) is 32.1 Å². The maximum Gasteiger partial charge on any atom is 0.306 e. The van der Waals surface area contributed by atoms with E-state index in [1.54, 1.807) is 23.1 Å². The van der Waals surface area contributed by atoms with Crippen LogP contribution in [0.2, 0.25) is 0 Å². The van der Waals surface area contributed by atoms with Gasteiger partial charge in [-0.15, -0.1) is 0 Å². The first-order chi connectivity index (χ1) is 13.0. The van der Waals surface area contributed by atoms with Crippen molar-refractivity contribution in [3.05, 3.63) is 42.5 Å². The Morgan fingerprint density at radius 2 is 2.00 bits per heavy atom. The van der Waals surface area contributed by atoms with E-state index in [0.717, 1.165) is 18.4 Å². The molecule has 1 aliphatic carbocycles. The largest absolute Gasteiger partial charge is 0.481 e. The Hall–Kier alpha value is -2.83. The lowest BCUT2D eigenvalue weighted by Gasteiger charge is -2.34. The number of hydrogen-bond acceptors (Lipinski definition) is 4. The number of carboxylic acids is 1. The predicted molar refractivity (Wildman–Crippen MR) is 96.4 cm³/mol. The Kier molecular flexibility index (Phi) is 4.37. The van der Waals surface area contributed by atoms with E-state index in [-0.39, 0.29) is 11.7 Å². The average molecular weight is 369 g/mol. The molecule has 2 aliphatic rings. The number of anilines is 1.